The van der Waals surface area contributed by atoms with Crippen LogP contribution in [0.5, 0.6) is 11.5 Å². The van der Waals surface area contributed by atoms with Crippen molar-refractivity contribution in [3.05, 3.63) is 35.9 Å². The Bertz CT molecular complexity index is 735. The molecule has 0 spiro atoms. The summed E-state index contributed by atoms with van der Waals surface area (Å²) in [4.78, 5) is 24.6. The number of phenolic OH excluding ortho intramolecular Hbond substituents is 1. The molecule has 7 nitrogen and oxygen atoms in total. The molecule has 168 valence electrons. The van der Waals surface area contributed by atoms with Crippen LogP contribution in [0.1, 0.15) is 65.4 Å². The first-order valence-corrected chi connectivity index (χ1v) is 10.3. The van der Waals surface area contributed by atoms with Crippen LogP contribution in [0.2, 0.25) is 0 Å². The average Bonchev–Trinajstić information content (AvgIpc) is 2.62. The summed E-state index contributed by atoms with van der Waals surface area (Å²) < 4.78 is 5.44. The van der Waals surface area contributed by atoms with Crippen molar-refractivity contribution in [1.29, 1.82) is 0 Å². The number of carbonyl (C=O) groups excluding carboxylic acids is 1. The highest BCUT2D eigenvalue weighted by Gasteiger charge is 2.30. The predicted octanol–water partition coefficient (Wildman–Crippen LogP) is 3.84. The summed E-state index contributed by atoms with van der Waals surface area (Å²) in [6.45, 7) is 10.9. The molecule has 7 heteroatoms. The first kappa shape index (κ1) is 25.5. The summed E-state index contributed by atoms with van der Waals surface area (Å²) >= 11 is 0. The maximum absolute atomic E-state index is 11.4. The quantitative estimate of drug-likeness (QED) is 0.551. The van der Waals surface area contributed by atoms with E-state index >= 15 is 0 Å². The summed E-state index contributed by atoms with van der Waals surface area (Å²) in [5.41, 5.74) is 5.82. The van der Waals surface area contributed by atoms with Crippen molar-refractivity contribution in [3.63, 3.8) is 0 Å². The molecule has 1 amide bonds. The molecule has 0 bridgehead atoms. The number of benzene rings is 1. The smallest absolute Gasteiger partial charge is 0.347 e. The lowest BCUT2D eigenvalue weighted by molar-refractivity contribution is -0.152. The molecule has 0 aliphatic heterocycles. The number of carboxylic acid groups (broad SMARTS) is 1. The van der Waals surface area contributed by atoms with E-state index in [2.05, 4.69) is 6.58 Å². The van der Waals surface area contributed by atoms with Crippen LogP contribution < -0.4 is 10.5 Å². The van der Waals surface area contributed by atoms with Gasteiger partial charge in [-0.3, -0.25) is 9.69 Å². The van der Waals surface area contributed by atoms with E-state index in [1.165, 1.54) is 31.9 Å². The van der Waals surface area contributed by atoms with Gasteiger partial charge in [-0.25, -0.2) is 4.79 Å². The van der Waals surface area contributed by atoms with Gasteiger partial charge in [0.1, 0.15) is 11.5 Å². The van der Waals surface area contributed by atoms with Gasteiger partial charge < -0.3 is 20.7 Å². The molecule has 1 aliphatic carbocycles. The monoisotopic (exact) mass is 420 g/mol. The van der Waals surface area contributed by atoms with Crippen molar-refractivity contribution < 1.29 is 24.5 Å². The molecule has 4 N–H and O–H groups in total. The Morgan fingerprint density at radius 1 is 1.23 bits per heavy atom. The Kier molecular flexibility index (Phi) is 9.85. The van der Waals surface area contributed by atoms with Gasteiger partial charge >= 0.3 is 5.97 Å². The second-order valence-electron chi connectivity index (χ2n) is 8.58. The molecule has 30 heavy (non-hydrogen) atoms. The van der Waals surface area contributed by atoms with Crippen LogP contribution in [-0.4, -0.2) is 45.2 Å². The number of phenols is 1. The number of rotatable bonds is 8. The fraction of sp³-hybridized carbons (Fsp3) is 0.565. The van der Waals surface area contributed by atoms with Crippen LogP contribution in [0.25, 0.3) is 0 Å². The topological polar surface area (TPSA) is 113 Å². The van der Waals surface area contributed by atoms with Crippen LogP contribution in [0.3, 0.4) is 0 Å². The zero-order chi connectivity index (χ0) is 22.9. The van der Waals surface area contributed by atoms with Crippen LogP contribution >= 0.6 is 0 Å². The molecule has 0 heterocycles. The summed E-state index contributed by atoms with van der Waals surface area (Å²) in [7, 11) is 0. The number of carbonyl (C=O) groups is 2. The molecule has 0 saturated heterocycles. The highest BCUT2D eigenvalue weighted by Crippen LogP contribution is 2.30. The second kappa shape index (κ2) is 11.6. The number of aromatic hydroxyl groups is 1. The van der Waals surface area contributed by atoms with Gasteiger partial charge in [0.2, 0.25) is 5.91 Å². The second-order valence-corrected chi connectivity index (χ2v) is 8.58. The molecule has 0 unspecified atom stereocenters. The van der Waals surface area contributed by atoms with Crippen molar-refractivity contribution in [2.24, 2.45) is 5.73 Å². The maximum Gasteiger partial charge on any atom is 0.347 e. The molecule has 2 rings (SSSR count). The summed E-state index contributed by atoms with van der Waals surface area (Å²) in [5.74, 6) is -1.20. The highest BCUT2D eigenvalue weighted by molar-refractivity contribution is 5.77. The van der Waals surface area contributed by atoms with E-state index in [-0.39, 0.29) is 24.1 Å². The minimum atomic E-state index is -1.39. The number of hydrogen-bond donors (Lipinski definition) is 3. The normalized spacial score (nSPS) is 14.6. The van der Waals surface area contributed by atoms with Crippen LogP contribution in [0.4, 0.5) is 0 Å². The zero-order valence-corrected chi connectivity index (χ0v) is 18.6. The molecule has 1 saturated carbocycles. The first-order chi connectivity index (χ1) is 13.9. The van der Waals surface area contributed by atoms with Gasteiger partial charge in [-0.05, 0) is 46.6 Å². The lowest BCUT2D eigenvalue weighted by Gasteiger charge is -2.33. The fourth-order valence-corrected chi connectivity index (χ4v) is 3.26. The summed E-state index contributed by atoms with van der Waals surface area (Å²) in [6.07, 6.45) is 5.49. The molecular weight excluding hydrogens is 384 g/mol. The van der Waals surface area contributed by atoms with E-state index in [0.29, 0.717) is 12.1 Å². The van der Waals surface area contributed by atoms with Gasteiger partial charge in [0.25, 0.3) is 0 Å². The van der Waals surface area contributed by atoms with Crippen molar-refractivity contribution in [3.8, 4) is 11.5 Å². The minimum Gasteiger partial charge on any atom is -0.507 e. The highest BCUT2D eigenvalue weighted by atomic mass is 16.5. The Hall–Kier alpha value is -2.54. The van der Waals surface area contributed by atoms with E-state index in [1.807, 2.05) is 18.7 Å². The van der Waals surface area contributed by atoms with E-state index in [9.17, 15) is 14.7 Å². The summed E-state index contributed by atoms with van der Waals surface area (Å²) in [5, 5.41) is 19.5. The van der Waals surface area contributed by atoms with E-state index in [0.717, 1.165) is 25.7 Å². The number of ether oxygens (including phenoxy) is 1. The molecular formula is C23H36N2O5. The molecule has 0 aromatic heterocycles. The summed E-state index contributed by atoms with van der Waals surface area (Å²) in [6, 6.07) is 5.00. The number of nitrogens with zero attached hydrogens (tertiary/aromatic N) is 1. The van der Waals surface area contributed by atoms with Crippen molar-refractivity contribution >= 4 is 11.9 Å². The third-order valence-corrected chi connectivity index (χ3v) is 4.77. The third-order valence-electron chi connectivity index (χ3n) is 4.77. The molecule has 0 radical (unpaired) electrons. The van der Waals surface area contributed by atoms with Gasteiger partial charge in [0, 0.05) is 24.2 Å². The molecule has 1 fully saturated rings. The van der Waals surface area contributed by atoms with Gasteiger partial charge in [-0.2, -0.15) is 0 Å². The number of amides is 1. The van der Waals surface area contributed by atoms with Gasteiger partial charge in [-0.1, -0.05) is 30.9 Å². The van der Waals surface area contributed by atoms with Crippen molar-refractivity contribution in [1.82, 2.24) is 4.90 Å². The first-order valence-electron chi connectivity index (χ1n) is 10.3. The minimum absolute atomic E-state index is 0.00830. The third kappa shape index (κ3) is 8.86. The standard InChI is InChI=1S/C19H28N2O5.C4H8/c1-19(2,18(24)25)26-15-9-8-13(16(22)10-15)11-21(12-17(20)23)14-6-4-3-5-7-14;1-4(2)3/h8-10,14,22H,3-7,11-12H2,1-2H3,(H2,20,23)(H,24,25);1H2,2-3H3. The van der Waals surface area contributed by atoms with Crippen LogP contribution in [-0.2, 0) is 16.1 Å². The largest absolute Gasteiger partial charge is 0.507 e. The number of carboxylic acids is 1. The van der Waals surface area contributed by atoms with Gasteiger partial charge in [0.05, 0.1) is 6.54 Å². The van der Waals surface area contributed by atoms with Crippen molar-refractivity contribution in [2.45, 2.75) is 78.0 Å². The Balaban J connectivity index is 0.00000103. The molecule has 1 aromatic rings. The van der Waals surface area contributed by atoms with Gasteiger partial charge in [0.15, 0.2) is 5.60 Å². The molecule has 1 aliphatic rings. The number of primary amides is 1. The average molecular weight is 421 g/mol. The predicted molar refractivity (Wildman–Crippen MR) is 117 cm³/mol. The van der Waals surface area contributed by atoms with E-state index in [1.54, 1.807) is 12.1 Å². The van der Waals surface area contributed by atoms with Crippen molar-refractivity contribution in [2.75, 3.05) is 6.54 Å². The molecule has 0 atom stereocenters. The lowest BCUT2D eigenvalue weighted by atomic mass is 9.93. The van der Waals surface area contributed by atoms with E-state index < -0.39 is 17.5 Å². The number of aliphatic carboxylic acids is 1. The van der Waals surface area contributed by atoms with Gasteiger partial charge in [-0.15, -0.1) is 6.58 Å². The Morgan fingerprint density at radius 2 is 1.80 bits per heavy atom. The number of allylic oxidation sites excluding steroid dienone is 1. The fourth-order valence-electron chi connectivity index (χ4n) is 3.26. The molecule has 1 aromatic carbocycles. The Morgan fingerprint density at radius 3 is 2.27 bits per heavy atom. The number of hydrogen-bond acceptors (Lipinski definition) is 5. The number of nitrogens with two attached hydrogens (primary N) is 1. The zero-order valence-electron chi connectivity index (χ0n) is 18.6. The Labute approximate surface area is 179 Å². The van der Waals surface area contributed by atoms with Crippen LogP contribution in [0.15, 0.2) is 30.4 Å². The lowest BCUT2D eigenvalue weighted by Crippen LogP contribution is -2.41. The van der Waals surface area contributed by atoms with E-state index in [4.69, 9.17) is 15.6 Å². The van der Waals surface area contributed by atoms with Crippen LogP contribution in [0, 0.1) is 0 Å². The maximum atomic E-state index is 11.4. The SMILES string of the molecule is C=C(C)C.CC(C)(Oc1ccc(CN(CC(N)=O)C2CCCCC2)c(O)c1)C(=O)O.